The number of nitrogens with one attached hydrogen (secondary N) is 1. The van der Waals surface area contributed by atoms with E-state index in [0.29, 0.717) is 18.2 Å². The Labute approximate surface area is 166 Å². The number of benzene rings is 1. The van der Waals surface area contributed by atoms with Gasteiger partial charge >= 0.3 is 0 Å². The fourth-order valence-electron chi connectivity index (χ4n) is 3.41. The summed E-state index contributed by atoms with van der Waals surface area (Å²) in [4.78, 5) is 20.7. The van der Waals surface area contributed by atoms with Crippen molar-refractivity contribution < 1.29 is 4.79 Å². The van der Waals surface area contributed by atoms with Crippen molar-refractivity contribution in [1.82, 2.24) is 4.98 Å². The Morgan fingerprint density at radius 1 is 1.26 bits per heavy atom. The molecule has 4 rings (SSSR count). The van der Waals surface area contributed by atoms with Gasteiger partial charge in [0.05, 0.1) is 16.3 Å². The van der Waals surface area contributed by atoms with Crippen LogP contribution in [0.15, 0.2) is 47.2 Å². The number of thiophene rings is 1. The molecule has 0 aliphatic carbocycles. The second-order valence-corrected chi connectivity index (χ2v) is 8.48. The van der Waals surface area contributed by atoms with E-state index >= 15 is 0 Å². The van der Waals surface area contributed by atoms with Gasteiger partial charge in [0.1, 0.15) is 10.7 Å². The van der Waals surface area contributed by atoms with Crippen LogP contribution in [0, 0.1) is 5.92 Å². The number of aromatic nitrogens is 1. The molecule has 3 aromatic rings. The normalized spacial score (nSPS) is 17.1. The fourth-order valence-corrected chi connectivity index (χ4v) is 5.02. The minimum atomic E-state index is -0.172. The summed E-state index contributed by atoms with van der Waals surface area (Å²) >= 11 is 3.12. The Morgan fingerprint density at radius 2 is 2.15 bits per heavy atom. The molecular weight excluding hydrogens is 376 g/mol. The minimum absolute atomic E-state index is 0.172. The molecule has 0 unspecified atom stereocenters. The molecule has 1 aliphatic rings. The summed E-state index contributed by atoms with van der Waals surface area (Å²) in [5.41, 5.74) is 8.21. The number of para-hydroxylation sites is 2. The number of hydrogen-bond acceptors (Lipinski definition) is 6. The van der Waals surface area contributed by atoms with Crippen molar-refractivity contribution in [2.24, 2.45) is 11.7 Å². The van der Waals surface area contributed by atoms with Crippen LogP contribution in [0.25, 0.3) is 9.88 Å². The van der Waals surface area contributed by atoms with Crippen LogP contribution < -0.4 is 16.0 Å². The smallest absolute Gasteiger partial charge is 0.275 e. The third kappa shape index (κ3) is 4.05. The number of carbonyl (C=O) groups excluding carboxylic acids is 1. The maximum atomic E-state index is 12.8. The van der Waals surface area contributed by atoms with Crippen LogP contribution >= 0.6 is 22.7 Å². The highest BCUT2D eigenvalue weighted by Gasteiger charge is 2.22. The van der Waals surface area contributed by atoms with Gasteiger partial charge in [0.25, 0.3) is 5.91 Å². The van der Waals surface area contributed by atoms with Crippen molar-refractivity contribution >= 4 is 40.0 Å². The van der Waals surface area contributed by atoms with E-state index in [1.54, 1.807) is 11.3 Å². The summed E-state index contributed by atoms with van der Waals surface area (Å²) < 4.78 is 0. The Morgan fingerprint density at radius 3 is 2.96 bits per heavy atom. The quantitative estimate of drug-likeness (QED) is 0.672. The molecule has 1 aliphatic heterocycles. The second kappa shape index (κ2) is 8.21. The summed E-state index contributed by atoms with van der Waals surface area (Å²) in [7, 11) is 0. The van der Waals surface area contributed by atoms with E-state index in [4.69, 9.17) is 5.73 Å². The third-order valence-corrected chi connectivity index (χ3v) is 6.70. The summed E-state index contributed by atoms with van der Waals surface area (Å²) in [6.45, 7) is 2.63. The van der Waals surface area contributed by atoms with Crippen LogP contribution in [0.1, 0.15) is 23.3 Å². The predicted molar refractivity (Wildman–Crippen MR) is 114 cm³/mol. The number of thiazole rings is 1. The Kier molecular flexibility index (Phi) is 5.52. The SMILES string of the molecule is NC[C@@H]1CCCN(c2ccccc2NC(=O)c2csc(-c3cccs3)n2)C1. The average molecular weight is 399 g/mol. The van der Waals surface area contributed by atoms with E-state index in [-0.39, 0.29) is 5.91 Å². The number of hydrogen-bond donors (Lipinski definition) is 2. The highest BCUT2D eigenvalue weighted by molar-refractivity contribution is 7.20. The van der Waals surface area contributed by atoms with E-state index in [0.717, 1.165) is 40.8 Å². The number of anilines is 2. The van der Waals surface area contributed by atoms with Crippen LogP contribution in [-0.2, 0) is 0 Å². The van der Waals surface area contributed by atoms with Crippen molar-refractivity contribution in [3.05, 3.63) is 52.9 Å². The predicted octanol–water partition coefficient (Wildman–Crippen LogP) is 4.30. The molecule has 1 saturated heterocycles. The van der Waals surface area contributed by atoms with Gasteiger partial charge in [0, 0.05) is 18.5 Å². The molecule has 0 radical (unpaired) electrons. The van der Waals surface area contributed by atoms with Gasteiger partial charge in [0.2, 0.25) is 0 Å². The summed E-state index contributed by atoms with van der Waals surface area (Å²) in [5.74, 6) is 0.336. The number of amides is 1. The highest BCUT2D eigenvalue weighted by atomic mass is 32.1. The zero-order valence-corrected chi connectivity index (χ0v) is 16.6. The van der Waals surface area contributed by atoms with Gasteiger partial charge in [-0.3, -0.25) is 4.79 Å². The lowest BCUT2D eigenvalue weighted by molar-refractivity contribution is 0.102. The van der Waals surface area contributed by atoms with Gasteiger partial charge < -0.3 is 16.0 Å². The number of rotatable bonds is 5. The molecule has 1 atom stereocenters. The molecule has 2 aromatic heterocycles. The molecule has 1 amide bonds. The van der Waals surface area contributed by atoms with Crippen molar-refractivity contribution in [1.29, 1.82) is 0 Å². The average Bonchev–Trinajstić information content (AvgIpc) is 3.40. The van der Waals surface area contributed by atoms with Crippen LogP contribution in [-0.4, -0.2) is 30.5 Å². The largest absolute Gasteiger partial charge is 0.370 e. The maximum Gasteiger partial charge on any atom is 0.275 e. The van der Waals surface area contributed by atoms with Crippen molar-refractivity contribution in [2.45, 2.75) is 12.8 Å². The van der Waals surface area contributed by atoms with Gasteiger partial charge in [-0.2, -0.15) is 0 Å². The summed E-state index contributed by atoms with van der Waals surface area (Å²) in [6, 6.07) is 12.0. The number of nitrogens with zero attached hydrogens (tertiary/aromatic N) is 2. The molecule has 0 saturated carbocycles. The summed E-state index contributed by atoms with van der Waals surface area (Å²) in [5, 5.41) is 7.76. The summed E-state index contributed by atoms with van der Waals surface area (Å²) in [6.07, 6.45) is 2.30. The number of nitrogens with two attached hydrogens (primary N) is 1. The monoisotopic (exact) mass is 398 g/mol. The first-order valence-corrected chi connectivity index (χ1v) is 10.9. The van der Waals surface area contributed by atoms with Gasteiger partial charge in [-0.15, -0.1) is 22.7 Å². The first-order valence-electron chi connectivity index (χ1n) is 9.09. The Balaban J connectivity index is 1.52. The number of carbonyl (C=O) groups is 1. The third-order valence-electron chi connectivity index (χ3n) is 4.81. The molecule has 27 heavy (non-hydrogen) atoms. The van der Waals surface area contributed by atoms with Gasteiger partial charge in [-0.05, 0) is 48.9 Å². The van der Waals surface area contributed by atoms with E-state index in [1.807, 2.05) is 41.1 Å². The second-order valence-electron chi connectivity index (χ2n) is 6.68. The van der Waals surface area contributed by atoms with Crippen LogP contribution in [0.3, 0.4) is 0 Å². The number of piperidine rings is 1. The van der Waals surface area contributed by atoms with E-state index in [2.05, 4.69) is 21.3 Å². The lowest BCUT2D eigenvalue weighted by atomic mass is 9.97. The van der Waals surface area contributed by atoms with Gasteiger partial charge in [0.15, 0.2) is 0 Å². The molecule has 3 N–H and O–H groups in total. The molecule has 140 valence electrons. The lowest BCUT2D eigenvalue weighted by Gasteiger charge is -2.35. The Bertz CT molecular complexity index is 906. The maximum absolute atomic E-state index is 12.8. The minimum Gasteiger partial charge on any atom is -0.370 e. The Hall–Kier alpha value is -2.22. The molecule has 5 nitrogen and oxygen atoms in total. The molecular formula is C20H22N4OS2. The van der Waals surface area contributed by atoms with Gasteiger partial charge in [-0.25, -0.2) is 4.98 Å². The van der Waals surface area contributed by atoms with Crippen LogP contribution in [0.4, 0.5) is 11.4 Å². The van der Waals surface area contributed by atoms with E-state index < -0.39 is 0 Å². The first kappa shape index (κ1) is 18.2. The zero-order valence-electron chi connectivity index (χ0n) is 14.9. The van der Waals surface area contributed by atoms with E-state index in [1.165, 1.54) is 17.8 Å². The molecule has 0 bridgehead atoms. The van der Waals surface area contributed by atoms with Crippen molar-refractivity contribution in [3.8, 4) is 9.88 Å². The molecule has 3 heterocycles. The molecule has 0 spiro atoms. The van der Waals surface area contributed by atoms with Crippen molar-refractivity contribution in [3.63, 3.8) is 0 Å². The highest BCUT2D eigenvalue weighted by Crippen LogP contribution is 2.31. The van der Waals surface area contributed by atoms with Crippen LogP contribution in [0.5, 0.6) is 0 Å². The first-order chi connectivity index (χ1) is 13.2. The fraction of sp³-hybridized carbons (Fsp3) is 0.300. The van der Waals surface area contributed by atoms with Gasteiger partial charge in [-0.1, -0.05) is 18.2 Å². The van der Waals surface area contributed by atoms with Crippen molar-refractivity contribution in [2.75, 3.05) is 29.9 Å². The van der Waals surface area contributed by atoms with E-state index in [9.17, 15) is 4.79 Å². The topological polar surface area (TPSA) is 71.2 Å². The molecule has 1 fully saturated rings. The molecule has 7 heteroatoms. The molecule has 1 aromatic carbocycles. The van der Waals surface area contributed by atoms with Crippen LogP contribution in [0.2, 0.25) is 0 Å². The zero-order chi connectivity index (χ0) is 18.6. The standard InChI is InChI=1S/C20H22N4OS2/c21-11-14-5-3-9-24(12-14)17-7-2-1-6-15(17)22-19(25)16-13-27-20(23-16)18-8-4-10-26-18/h1-2,4,6-8,10,13-14H,3,5,9,11-12,21H2,(H,22,25)/t14-/m0/s1. The lowest BCUT2D eigenvalue weighted by Crippen LogP contribution is -2.38.